The summed E-state index contributed by atoms with van der Waals surface area (Å²) in [4.78, 5) is 11.9. The number of aryl methyl sites for hydroxylation is 1. The summed E-state index contributed by atoms with van der Waals surface area (Å²) in [5, 5.41) is 4.38. The van der Waals surface area contributed by atoms with Crippen molar-refractivity contribution in [2.75, 3.05) is 5.73 Å². The molecule has 0 atom stereocenters. The molecule has 0 saturated heterocycles. The monoisotopic (exact) mass is 279 g/mol. The summed E-state index contributed by atoms with van der Waals surface area (Å²) in [6.45, 7) is 2.92. The van der Waals surface area contributed by atoms with E-state index in [0.29, 0.717) is 11.3 Å². The maximum absolute atomic E-state index is 11.9. The Labute approximate surface area is 115 Å². The number of benzene rings is 1. The highest BCUT2D eigenvalue weighted by Crippen LogP contribution is 2.20. The summed E-state index contributed by atoms with van der Waals surface area (Å²) in [7, 11) is 0. The molecule has 1 heterocycles. The number of nitrogens with zero attached hydrogens (tertiary/aromatic N) is 2. The molecule has 0 radical (unpaired) electrons. The summed E-state index contributed by atoms with van der Waals surface area (Å²) in [5.41, 5.74) is 7.21. The van der Waals surface area contributed by atoms with E-state index in [4.69, 9.17) is 22.1 Å². The van der Waals surface area contributed by atoms with Gasteiger partial charge in [0, 0.05) is 24.0 Å². The number of nitrogens with two attached hydrogens (primary N) is 1. The van der Waals surface area contributed by atoms with Gasteiger partial charge in [-0.05, 0) is 25.1 Å². The van der Waals surface area contributed by atoms with Crippen LogP contribution in [0.3, 0.4) is 0 Å². The molecule has 2 N–H and O–H groups in total. The van der Waals surface area contributed by atoms with Crippen molar-refractivity contribution in [3.8, 4) is 0 Å². The van der Waals surface area contributed by atoms with Crippen molar-refractivity contribution in [1.29, 1.82) is 0 Å². The lowest BCUT2D eigenvalue weighted by Crippen LogP contribution is -2.06. The Morgan fingerprint density at radius 3 is 2.95 bits per heavy atom. The number of aromatic nitrogens is 2. The quantitative estimate of drug-likeness (QED) is 0.689. The van der Waals surface area contributed by atoms with Crippen molar-refractivity contribution in [1.82, 2.24) is 9.78 Å². The zero-order chi connectivity index (χ0) is 13.8. The van der Waals surface area contributed by atoms with E-state index in [9.17, 15) is 4.79 Å². The average molecular weight is 280 g/mol. The zero-order valence-corrected chi connectivity index (χ0v) is 11.2. The van der Waals surface area contributed by atoms with Crippen molar-refractivity contribution >= 4 is 23.3 Å². The molecule has 0 aliphatic carbocycles. The van der Waals surface area contributed by atoms with Crippen LogP contribution < -0.4 is 5.73 Å². The number of carbonyl (C=O) groups is 1. The van der Waals surface area contributed by atoms with Crippen molar-refractivity contribution in [3.63, 3.8) is 0 Å². The van der Waals surface area contributed by atoms with Crippen LogP contribution in [0, 0.1) is 0 Å². The highest BCUT2D eigenvalue weighted by atomic mass is 35.5. The fraction of sp³-hybridized carbons (Fsp3) is 0.231. The molecule has 2 aromatic rings. The molecule has 0 fully saturated rings. The fourth-order valence-electron chi connectivity index (χ4n) is 1.58. The maximum Gasteiger partial charge on any atom is 0.339 e. The van der Waals surface area contributed by atoms with Gasteiger partial charge in [0.2, 0.25) is 0 Å². The van der Waals surface area contributed by atoms with E-state index in [1.807, 2.05) is 13.1 Å². The van der Waals surface area contributed by atoms with Crippen LogP contribution in [0.15, 0.2) is 30.6 Å². The Morgan fingerprint density at radius 2 is 2.32 bits per heavy atom. The maximum atomic E-state index is 11.9. The van der Waals surface area contributed by atoms with Crippen LogP contribution in [0.2, 0.25) is 5.02 Å². The lowest BCUT2D eigenvalue weighted by Gasteiger charge is -2.05. The van der Waals surface area contributed by atoms with Crippen molar-refractivity contribution in [2.24, 2.45) is 0 Å². The number of ether oxygens (including phenoxy) is 1. The second-order valence-corrected chi connectivity index (χ2v) is 4.43. The summed E-state index contributed by atoms with van der Waals surface area (Å²) in [5.74, 6) is -0.478. The molecule has 2 rings (SSSR count). The molecule has 0 spiro atoms. The molecular weight excluding hydrogens is 266 g/mol. The number of hydrogen-bond acceptors (Lipinski definition) is 4. The summed E-state index contributed by atoms with van der Waals surface area (Å²) < 4.78 is 6.94. The first kappa shape index (κ1) is 13.4. The Hall–Kier alpha value is -2.01. The number of anilines is 1. The van der Waals surface area contributed by atoms with Crippen LogP contribution in [-0.2, 0) is 17.9 Å². The van der Waals surface area contributed by atoms with E-state index in [-0.39, 0.29) is 11.6 Å². The fourth-order valence-corrected chi connectivity index (χ4v) is 1.84. The third-order valence-electron chi connectivity index (χ3n) is 2.59. The van der Waals surface area contributed by atoms with Gasteiger partial charge in [-0.3, -0.25) is 4.68 Å². The van der Waals surface area contributed by atoms with E-state index in [2.05, 4.69) is 5.10 Å². The third-order valence-corrected chi connectivity index (χ3v) is 2.91. The van der Waals surface area contributed by atoms with E-state index in [1.165, 1.54) is 6.07 Å². The second kappa shape index (κ2) is 5.75. The van der Waals surface area contributed by atoms with Crippen LogP contribution in [0.25, 0.3) is 0 Å². The van der Waals surface area contributed by atoms with Gasteiger partial charge in [-0.2, -0.15) is 5.10 Å². The molecule has 6 heteroatoms. The van der Waals surface area contributed by atoms with Gasteiger partial charge >= 0.3 is 5.97 Å². The molecule has 0 aliphatic heterocycles. The van der Waals surface area contributed by atoms with Gasteiger partial charge in [0.05, 0.1) is 16.8 Å². The first-order valence-electron chi connectivity index (χ1n) is 5.83. The number of rotatable bonds is 4. The Bertz CT molecular complexity index is 595. The highest BCUT2D eigenvalue weighted by Gasteiger charge is 2.12. The molecule has 0 aliphatic rings. The topological polar surface area (TPSA) is 70.1 Å². The molecule has 0 bridgehead atoms. The summed E-state index contributed by atoms with van der Waals surface area (Å²) in [6, 6.07) is 4.68. The smallest absolute Gasteiger partial charge is 0.339 e. The standard InChI is InChI=1S/C13H14ClN3O2/c1-2-17-7-9(6-16-17)8-19-13(18)11-4-3-10(15)5-12(11)14/h3-7H,2,8,15H2,1H3. The van der Waals surface area contributed by atoms with Crippen LogP contribution in [-0.4, -0.2) is 15.7 Å². The molecule has 1 aromatic heterocycles. The number of halogens is 1. The average Bonchev–Trinajstić information content (AvgIpc) is 2.84. The van der Waals surface area contributed by atoms with E-state index in [1.54, 1.807) is 23.0 Å². The lowest BCUT2D eigenvalue weighted by atomic mass is 10.2. The van der Waals surface area contributed by atoms with E-state index in [0.717, 1.165) is 12.1 Å². The van der Waals surface area contributed by atoms with Crippen LogP contribution >= 0.6 is 11.6 Å². The SMILES string of the molecule is CCn1cc(COC(=O)c2ccc(N)cc2Cl)cn1. The normalized spacial score (nSPS) is 10.4. The van der Waals surface area contributed by atoms with Crippen LogP contribution in [0.5, 0.6) is 0 Å². The Morgan fingerprint density at radius 1 is 1.53 bits per heavy atom. The predicted octanol–water partition coefficient (Wildman–Crippen LogP) is 2.50. The Kier molecular flexibility index (Phi) is 4.06. The van der Waals surface area contributed by atoms with E-state index >= 15 is 0 Å². The van der Waals surface area contributed by atoms with Gasteiger partial charge in [-0.1, -0.05) is 11.6 Å². The second-order valence-electron chi connectivity index (χ2n) is 4.02. The van der Waals surface area contributed by atoms with Crippen molar-refractivity contribution in [2.45, 2.75) is 20.1 Å². The third kappa shape index (κ3) is 3.26. The largest absolute Gasteiger partial charge is 0.457 e. The highest BCUT2D eigenvalue weighted by molar-refractivity contribution is 6.33. The molecule has 100 valence electrons. The van der Waals surface area contributed by atoms with Gasteiger partial charge < -0.3 is 10.5 Å². The summed E-state index contributed by atoms with van der Waals surface area (Å²) in [6.07, 6.45) is 3.50. The minimum Gasteiger partial charge on any atom is -0.457 e. The zero-order valence-electron chi connectivity index (χ0n) is 10.5. The molecule has 0 saturated carbocycles. The Balaban J connectivity index is 2.01. The van der Waals surface area contributed by atoms with Crippen molar-refractivity contribution in [3.05, 3.63) is 46.7 Å². The lowest BCUT2D eigenvalue weighted by molar-refractivity contribution is 0.0473. The minimum atomic E-state index is -0.478. The van der Waals surface area contributed by atoms with Gasteiger partial charge in [0.15, 0.2) is 0 Å². The number of esters is 1. The van der Waals surface area contributed by atoms with Crippen LogP contribution in [0.4, 0.5) is 5.69 Å². The van der Waals surface area contributed by atoms with Gasteiger partial charge in [-0.15, -0.1) is 0 Å². The van der Waals surface area contributed by atoms with Gasteiger partial charge in [0.25, 0.3) is 0 Å². The first-order chi connectivity index (χ1) is 9.10. The number of hydrogen-bond donors (Lipinski definition) is 1. The predicted molar refractivity (Wildman–Crippen MR) is 72.9 cm³/mol. The molecule has 1 aromatic carbocycles. The molecule has 19 heavy (non-hydrogen) atoms. The molecular formula is C13H14ClN3O2. The van der Waals surface area contributed by atoms with Crippen molar-refractivity contribution < 1.29 is 9.53 Å². The number of nitrogen functional groups attached to an aromatic ring is 1. The van der Waals surface area contributed by atoms with Gasteiger partial charge in [0.1, 0.15) is 6.61 Å². The minimum absolute atomic E-state index is 0.166. The molecule has 0 amide bonds. The number of carbonyl (C=O) groups excluding carboxylic acids is 1. The first-order valence-corrected chi connectivity index (χ1v) is 6.21. The molecule has 0 unspecified atom stereocenters. The van der Waals surface area contributed by atoms with E-state index < -0.39 is 5.97 Å². The van der Waals surface area contributed by atoms with Gasteiger partial charge in [-0.25, -0.2) is 4.79 Å². The summed E-state index contributed by atoms with van der Waals surface area (Å²) >= 11 is 5.94. The van der Waals surface area contributed by atoms with Crippen LogP contribution in [0.1, 0.15) is 22.8 Å². The molecule has 5 nitrogen and oxygen atoms in total.